The maximum absolute atomic E-state index is 5.29. The zero-order chi connectivity index (χ0) is 41.0. The third-order valence-electron chi connectivity index (χ3n) is 12.3. The van der Waals surface area contributed by atoms with E-state index in [1.807, 2.05) is 18.2 Å². The van der Waals surface area contributed by atoms with Crippen molar-refractivity contribution in [3.05, 3.63) is 224 Å². The Morgan fingerprint density at radius 2 is 0.645 bits per heavy atom. The van der Waals surface area contributed by atoms with Crippen LogP contribution in [0.15, 0.2) is 224 Å². The lowest BCUT2D eigenvalue weighted by Gasteiger charge is -2.17. The van der Waals surface area contributed by atoms with Crippen LogP contribution in [-0.2, 0) is 0 Å². The number of fused-ring (bicyclic) bond motifs is 9. The fourth-order valence-corrected chi connectivity index (χ4v) is 9.34. The first-order valence-corrected chi connectivity index (χ1v) is 21.1. The molecule has 1 heterocycles. The van der Waals surface area contributed by atoms with Crippen molar-refractivity contribution < 1.29 is 0 Å². The number of hydrogen-bond donors (Lipinski definition) is 0. The van der Waals surface area contributed by atoms with Gasteiger partial charge in [-0.3, -0.25) is 0 Å². The van der Waals surface area contributed by atoms with Crippen LogP contribution in [0.3, 0.4) is 0 Å². The van der Waals surface area contributed by atoms with E-state index in [9.17, 15) is 0 Å². The fourth-order valence-electron chi connectivity index (χ4n) is 9.34. The van der Waals surface area contributed by atoms with Gasteiger partial charge >= 0.3 is 0 Å². The van der Waals surface area contributed by atoms with Gasteiger partial charge in [0, 0.05) is 16.7 Å². The molecule has 3 heteroatoms. The zero-order valence-corrected chi connectivity index (χ0v) is 33.7. The van der Waals surface area contributed by atoms with Crippen LogP contribution in [0.2, 0.25) is 0 Å². The minimum atomic E-state index is 0.618. The molecule has 0 radical (unpaired) electrons. The van der Waals surface area contributed by atoms with E-state index in [4.69, 9.17) is 15.0 Å². The molecule has 11 aromatic carbocycles. The summed E-state index contributed by atoms with van der Waals surface area (Å²) in [6.07, 6.45) is 0. The third kappa shape index (κ3) is 6.10. The summed E-state index contributed by atoms with van der Waals surface area (Å²) in [5.41, 5.74) is 9.59. The normalized spacial score (nSPS) is 11.5. The summed E-state index contributed by atoms with van der Waals surface area (Å²) in [6.45, 7) is 0. The molecule has 288 valence electrons. The van der Waals surface area contributed by atoms with Crippen molar-refractivity contribution >= 4 is 53.9 Å². The number of rotatable bonds is 6. The lowest BCUT2D eigenvalue weighted by atomic mass is 9.86. The van der Waals surface area contributed by atoms with Gasteiger partial charge in [-0.1, -0.05) is 200 Å². The maximum atomic E-state index is 5.29. The predicted octanol–water partition coefficient (Wildman–Crippen LogP) is 15.6. The molecule has 0 unspecified atom stereocenters. The molecule has 62 heavy (non-hydrogen) atoms. The molecule has 12 rings (SSSR count). The van der Waals surface area contributed by atoms with Crippen molar-refractivity contribution in [1.82, 2.24) is 15.0 Å². The number of nitrogens with zero attached hydrogens (tertiary/aromatic N) is 3. The lowest BCUT2D eigenvalue weighted by molar-refractivity contribution is 1.07. The van der Waals surface area contributed by atoms with Gasteiger partial charge in [-0.25, -0.2) is 15.0 Å². The standard InChI is InChI=1S/C59H37N3/c1-3-16-38(17-4-1)43-34-44(54-37-55-50-25-10-9-23-48(50)49-24-11-13-27-52(49)56(55)53-28-14-12-26-51(53)54)36-45(35-43)59-61-57(41-19-5-2-6-20-41)60-58(62-59)42-32-30-40(31-33-42)47-29-15-21-39-18-7-8-22-46(39)47/h1-37H. The third-order valence-corrected chi connectivity index (χ3v) is 12.3. The van der Waals surface area contributed by atoms with Crippen LogP contribution < -0.4 is 0 Å². The van der Waals surface area contributed by atoms with Crippen molar-refractivity contribution in [3.8, 4) is 67.5 Å². The summed E-state index contributed by atoms with van der Waals surface area (Å²) in [7, 11) is 0. The first kappa shape index (κ1) is 35.7. The SMILES string of the molecule is c1ccc(-c2cc(-c3nc(-c4ccccc4)nc(-c4ccc(-c5cccc6ccccc56)cc4)n3)cc(-c3cc4c5ccccc5c5ccccc5c4c4ccccc34)c2)cc1. The van der Waals surface area contributed by atoms with E-state index in [-0.39, 0.29) is 0 Å². The van der Waals surface area contributed by atoms with E-state index in [1.165, 1.54) is 59.4 Å². The average Bonchev–Trinajstić information content (AvgIpc) is 3.36. The minimum absolute atomic E-state index is 0.618. The minimum Gasteiger partial charge on any atom is -0.208 e. The van der Waals surface area contributed by atoms with E-state index in [0.717, 1.165) is 44.5 Å². The molecule has 0 aliphatic heterocycles. The maximum Gasteiger partial charge on any atom is 0.164 e. The van der Waals surface area contributed by atoms with Gasteiger partial charge in [-0.2, -0.15) is 0 Å². The first-order chi connectivity index (χ1) is 30.7. The second-order valence-electron chi connectivity index (χ2n) is 15.9. The summed E-state index contributed by atoms with van der Waals surface area (Å²) in [4.78, 5) is 15.6. The first-order valence-electron chi connectivity index (χ1n) is 21.1. The Morgan fingerprint density at radius 1 is 0.210 bits per heavy atom. The smallest absolute Gasteiger partial charge is 0.164 e. The molecular weight excluding hydrogens is 751 g/mol. The van der Waals surface area contributed by atoms with Crippen LogP contribution in [0, 0.1) is 0 Å². The highest BCUT2D eigenvalue weighted by molar-refractivity contribution is 6.33. The highest BCUT2D eigenvalue weighted by atomic mass is 15.0. The van der Waals surface area contributed by atoms with Crippen LogP contribution in [-0.4, -0.2) is 15.0 Å². The second-order valence-corrected chi connectivity index (χ2v) is 15.9. The summed E-state index contributed by atoms with van der Waals surface area (Å²) >= 11 is 0. The quantitative estimate of drug-likeness (QED) is 0.158. The molecule has 0 spiro atoms. The summed E-state index contributed by atoms with van der Waals surface area (Å²) in [6, 6.07) is 80.1. The Balaban J connectivity index is 1.08. The molecule has 3 nitrogen and oxygen atoms in total. The van der Waals surface area contributed by atoms with Crippen LogP contribution in [0.5, 0.6) is 0 Å². The highest BCUT2D eigenvalue weighted by Gasteiger charge is 2.19. The number of aromatic nitrogens is 3. The Bertz CT molecular complexity index is 3670. The molecule has 0 aliphatic rings. The molecule has 0 aliphatic carbocycles. The van der Waals surface area contributed by atoms with E-state index in [2.05, 4.69) is 206 Å². The van der Waals surface area contributed by atoms with E-state index in [1.54, 1.807) is 0 Å². The molecule has 1 aromatic heterocycles. The van der Waals surface area contributed by atoms with Gasteiger partial charge in [-0.15, -0.1) is 0 Å². The molecule has 0 bridgehead atoms. The lowest BCUT2D eigenvalue weighted by Crippen LogP contribution is -2.00. The van der Waals surface area contributed by atoms with Gasteiger partial charge in [0.1, 0.15) is 0 Å². The fraction of sp³-hybridized carbons (Fsp3) is 0. The molecule has 0 fully saturated rings. The van der Waals surface area contributed by atoms with Gasteiger partial charge in [-0.05, 0) is 112 Å². The number of benzene rings is 11. The Kier molecular flexibility index (Phi) is 8.50. The topological polar surface area (TPSA) is 38.7 Å². The summed E-state index contributed by atoms with van der Waals surface area (Å²) in [5.74, 6) is 1.87. The predicted molar refractivity (Wildman–Crippen MR) is 260 cm³/mol. The highest BCUT2D eigenvalue weighted by Crippen LogP contribution is 2.44. The van der Waals surface area contributed by atoms with Gasteiger partial charge in [0.25, 0.3) is 0 Å². The van der Waals surface area contributed by atoms with Crippen LogP contribution in [0.1, 0.15) is 0 Å². The van der Waals surface area contributed by atoms with Crippen LogP contribution in [0.25, 0.3) is 121 Å². The second kappa shape index (κ2) is 14.8. The van der Waals surface area contributed by atoms with Gasteiger partial charge in [0.15, 0.2) is 17.5 Å². The molecule has 0 amide bonds. The van der Waals surface area contributed by atoms with Gasteiger partial charge in [0.2, 0.25) is 0 Å². The zero-order valence-electron chi connectivity index (χ0n) is 33.7. The van der Waals surface area contributed by atoms with Crippen LogP contribution >= 0.6 is 0 Å². The Morgan fingerprint density at radius 3 is 1.32 bits per heavy atom. The van der Waals surface area contributed by atoms with E-state index < -0.39 is 0 Å². The molecule has 12 aromatic rings. The molecule has 0 saturated carbocycles. The molecule has 0 atom stereocenters. The van der Waals surface area contributed by atoms with Crippen molar-refractivity contribution in [3.63, 3.8) is 0 Å². The van der Waals surface area contributed by atoms with Crippen molar-refractivity contribution in [1.29, 1.82) is 0 Å². The van der Waals surface area contributed by atoms with Gasteiger partial charge in [0.05, 0.1) is 0 Å². The van der Waals surface area contributed by atoms with Crippen molar-refractivity contribution in [2.75, 3.05) is 0 Å². The largest absolute Gasteiger partial charge is 0.208 e. The summed E-state index contributed by atoms with van der Waals surface area (Å²) in [5, 5.41) is 12.4. The van der Waals surface area contributed by atoms with Crippen LogP contribution in [0.4, 0.5) is 0 Å². The molecule has 0 N–H and O–H groups in total. The van der Waals surface area contributed by atoms with Crippen molar-refractivity contribution in [2.45, 2.75) is 0 Å². The molecule has 0 saturated heterocycles. The number of hydrogen-bond acceptors (Lipinski definition) is 3. The molecular formula is C59H37N3. The summed E-state index contributed by atoms with van der Waals surface area (Å²) < 4.78 is 0. The average molecular weight is 788 g/mol. The van der Waals surface area contributed by atoms with E-state index >= 15 is 0 Å². The van der Waals surface area contributed by atoms with E-state index in [0.29, 0.717) is 17.5 Å². The Hall–Kier alpha value is -8.27. The monoisotopic (exact) mass is 787 g/mol. The Labute approximate surface area is 359 Å². The van der Waals surface area contributed by atoms with Crippen molar-refractivity contribution in [2.24, 2.45) is 0 Å². The van der Waals surface area contributed by atoms with Gasteiger partial charge < -0.3 is 0 Å².